The average molecular weight is 146 g/mol. The zero-order valence-electron chi connectivity index (χ0n) is 6.09. The van der Waals surface area contributed by atoms with E-state index in [1.807, 2.05) is 0 Å². The van der Waals surface area contributed by atoms with Gasteiger partial charge in [-0.15, -0.1) is 0 Å². The number of rotatable bonds is 4. The van der Waals surface area contributed by atoms with Gasteiger partial charge in [0.1, 0.15) is 0 Å². The smallest absolute Gasteiger partial charge is 0.0473 e. The van der Waals surface area contributed by atoms with Crippen LogP contribution in [0, 0.1) is 0 Å². The molecular formula is C7H14OS. The van der Waals surface area contributed by atoms with Gasteiger partial charge in [-0.2, -0.15) is 11.8 Å². The zero-order chi connectivity index (χ0) is 6.69. The highest BCUT2D eigenvalue weighted by molar-refractivity contribution is 8.07. The van der Waals surface area contributed by atoms with E-state index in [4.69, 9.17) is 4.74 Å². The van der Waals surface area contributed by atoms with Crippen LogP contribution in [-0.4, -0.2) is 24.2 Å². The molecule has 1 saturated heterocycles. The van der Waals surface area contributed by atoms with Gasteiger partial charge in [0, 0.05) is 24.2 Å². The van der Waals surface area contributed by atoms with E-state index < -0.39 is 0 Å². The zero-order valence-corrected chi connectivity index (χ0v) is 6.91. The molecule has 9 heavy (non-hydrogen) atoms. The number of ether oxygens (including phenoxy) is 1. The van der Waals surface area contributed by atoms with Crippen molar-refractivity contribution in [3.63, 3.8) is 0 Å². The fraction of sp³-hybridized carbons (Fsp3) is 1.00. The van der Waals surface area contributed by atoms with E-state index in [1.165, 1.54) is 12.8 Å². The van der Waals surface area contributed by atoms with Gasteiger partial charge in [-0.25, -0.2) is 0 Å². The number of thioether (sulfide) groups is 1. The van der Waals surface area contributed by atoms with Crippen LogP contribution in [0.4, 0.5) is 0 Å². The molecule has 54 valence electrons. The Balaban J connectivity index is 1.92. The molecule has 1 heterocycles. The summed E-state index contributed by atoms with van der Waals surface area (Å²) < 4.78 is 4.97. The molecule has 1 rings (SSSR count). The van der Waals surface area contributed by atoms with E-state index in [2.05, 4.69) is 18.7 Å². The second kappa shape index (κ2) is 3.47. The normalized spacial score (nSPS) is 32.7. The van der Waals surface area contributed by atoms with Gasteiger partial charge in [-0.3, -0.25) is 0 Å². The molecule has 0 radical (unpaired) electrons. The first-order valence-electron chi connectivity index (χ1n) is 3.53. The maximum atomic E-state index is 4.97. The molecule has 0 unspecified atom stereocenters. The molecule has 1 fully saturated rings. The predicted molar refractivity (Wildman–Crippen MR) is 42.0 cm³/mol. The highest BCUT2D eigenvalue weighted by Crippen LogP contribution is 2.45. The largest absolute Gasteiger partial charge is 0.385 e. The number of hydrogen-bond donors (Lipinski definition) is 0. The first-order chi connectivity index (χ1) is 4.38. The molecule has 2 heteroatoms. The third-order valence-electron chi connectivity index (χ3n) is 1.70. The Kier molecular flexibility index (Phi) is 2.86. The fourth-order valence-corrected chi connectivity index (χ4v) is 2.14. The summed E-state index contributed by atoms with van der Waals surface area (Å²) in [6, 6.07) is 0. The van der Waals surface area contributed by atoms with E-state index in [9.17, 15) is 0 Å². The third kappa shape index (κ3) is 2.18. The average Bonchev–Trinajstić information content (AvgIpc) is 2.62. The molecule has 0 aromatic rings. The predicted octanol–water partition coefficient (Wildman–Crippen LogP) is 1.92. The molecule has 0 amide bonds. The minimum absolute atomic E-state index is 0.926. The Bertz CT molecular complexity index is 85.0. The Labute approximate surface area is 61.2 Å². The van der Waals surface area contributed by atoms with Crippen LogP contribution in [0.15, 0.2) is 0 Å². The van der Waals surface area contributed by atoms with Crippen molar-refractivity contribution in [2.45, 2.75) is 30.3 Å². The lowest BCUT2D eigenvalue weighted by Gasteiger charge is -1.93. The molecule has 0 bridgehead atoms. The van der Waals surface area contributed by atoms with Crippen LogP contribution in [0.2, 0.25) is 0 Å². The number of hydrogen-bond acceptors (Lipinski definition) is 2. The van der Waals surface area contributed by atoms with Crippen molar-refractivity contribution < 1.29 is 4.74 Å². The lowest BCUT2D eigenvalue weighted by Crippen LogP contribution is -1.97. The molecule has 0 spiro atoms. The summed E-state index contributed by atoms with van der Waals surface area (Å²) in [5, 5.41) is 1.88. The van der Waals surface area contributed by atoms with Crippen molar-refractivity contribution in [1.82, 2.24) is 0 Å². The SMILES string of the molecule is CC[C@H]1S[C@H]1CCOC. The van der Waals surface area contributed by atoms with Crippen molar-refractivity contribution in [3.05, 3.63) is 0 Å². The summed E-state index contributed by atoms with van der Waals surface area (Å²) >= 11 is 2.10. The lowest BCUT2D eigenvalue weighted by atomic mass is 10.2. The van der Waals surface area contributed by atoms with Crippen LogP contribution in [0.3, 0.4) is 0 Å². The Hall–Kier alpha value is 0.310. The Morgan fingerprint density at radius 3 is 2.67 bits per heavy atom. The first kappa shape index (κ1) is 7.42. The molecule has 0 aromatic carbocycles. The van der Waals surface area contributed by atoms with Crippen LogP contribution in [-0.2, 0) is 4.74 Å². The molecule has 1 nitrogen and oxygen atoms in total. The van der Waals surface area contributed by atoms with E-state index in [0.29, 0.717) is 0 Å². The molecule has 1 aliphatic heterocycles. The van der Waals surface area contributed by atoms with Gasteiger partial charge < -0.3 is 4.74 Å². The monoisotopic (exact) mass is 146 g/mol. The maximum Gasteiger partial charge on any atom is 0.0473 e. The fourth-order valence-electron chi connectivity index (χ4n) is 1.03. The van der Waals surface area contributed by atoms with Crippen LogP contribution >= 0.6 is 11.8 Å². The van der Waals surface area contributed by atoms with E-state index >= 15 is 0 Å². The topological polar surface area (TPSA) is 9.23 Å². The summed E-state index contributed by atoms with van der Waals surface area (Å²) in [5.41, 5.74) is 0. The highest BCUT2D eigenvalue weighted by atomic mass is 32.2. The Morgan fingerprint density at radius 2 is 2.22 bits per heavy atom. The van der Waals surface area contributed by atoms with E-state index in [1.54, 1.807) is 7.11 Å². The summed E-state index contributed by atoms with van der Waals surface area (Å²) in [4.78, 5) is 0. The van der Waals surface area contributed by atoms with Gasteiger partial charge in [0.25, 0.3) is 0 Å². The van der Waals surface area contributed by atoms with Crippen LogP contribution in [0.5, 0.6) is 0 Å². The van der Waals surface area contributed by atoms with E-state index in [-0.39, 0.29) is 0 Å². The number of methoxy groups -OCH3 is 1. The van der Waals surface area contributed by atoms with Crippen molar-refractivity contribution in [2.75, 3.05) is 13.7 Å². The summed E-state index contributed by atoms with van der Waals surface area (Å²) in [7, 11) is 1.77. The van der Waals surface area contributed by atoms with Gasteiger partial charge in [-0.1, -0.05) is 6.92 Å². The maximum absolute atomic E-state index is 4.97. The van der Waals surface area contributed by atoms with Crippen molar-refractivity contribution in [3.8, 4) is 0 Å². The van der Waals surface area contributed by atoms with Gasteiger partial charge in [0.2, 0.25) is 0 Å². The summed E-state index contributed by atoms with van der Waals surface area (Å²) in [6.45, 7) is 3.19. The van der Waals surface area contributed by atoms with Gasteiger partial charge in [0.05, 0.1) is 0 Å². The second-order valence-electron chi connectivity index (χ2n) is 2.40. The van der Waals surface area contributed by atoms with Gasteiger partial charge in [-0.05, 0) is 12.8 Å². The minimum Gasteiger partial charge on any atom is -0.385 e. The lowest BCUT2D eigenvalue weighted by molar-refractivity contribution is 0.196. The van der Waals surface area contributed by atoms with Crippen LogP contribution in [0.25, 0.3) is 0 Å². The van der Waals surface area contributed by atoms with Crippen LogP contribution < -0.4 is 0 Å². The van der Waals surface area contributed by atoms with Gasteiger partial charge in [0.15, 0.2) is 0 Å². The van der Waals surface area contributed by atoms with Crippen molar-refractivity contribution in [1.29, 1.82) is 0 Å². The minimum atomic E-state index is 0.926. The molecule has 0 aliphatic carbocycles. The van der Waals surface area contributed by atoms with Crippen LogP contribution in [0.1, 0.15) is 19.8 Å². The highest BCUT2D eigenvalue weighted by Gasteiger charge is 2.35. The molecule has 1 aliphatic rings. The molecule has 2 atom stereocenters. The molecule has 0 saturated carbocycles. The summed E-state index contributed by atoms with van der Waals surface area (Å²) in [6.07, 6.45) is 2.58. The summed E-state index contributed by atoms with van der Waals surface area (Å²) in [5.74, 6) is 0. The van der Waals surface area contributed by atoms with Crippen molar-refractivity contribution >= 4 is 11.8 Å². The molecular weight excluding hydrogens is 132 g/mol. The first-order valence-corrected chi connectivity index (χ1v) is 4.47. The third-order valence-corrected chi connectivity index (χ3v) is 3.31. The molecule has 0 aromatic heterocycles. The standard InChI is InChI=1S/C7H14OS/c1-3-6-7(9-6)4-5-8-2/h6-7H,3-5H2,1-2H3/t6-,7+/m1/s1. The molecule has 0 N–H and O–H groups in total. The van der Waals surface area contributed by atoms with E-state index in [0.717, 1.165) is 17.1 Å². The van der Waals surface area contributed by atoms with Gasteiger partial charge >= 0.3 is 0 Å². The Morgan fingerprint density at radius 1 is 1.44 bits per heavy atom. The second-order valence-corrected chi connectivity index (χ2v) is 3.89. The van der Waals surface area contributed by atoms with Crippen molar-refractivity contribution in [2.24, 2.45) is 0 Å². The quantitative estimate of drug-likeness (QED) is 0.560.